The molecule has 13 rings (SSSR count). The molecule has 5 heterocycles. The lowest BCUT2D eigenvalue weighted by molar-refractivity contribution is 1.24. The van der Waals surface area contributed by atoms with Crippen molar-refractivity contribution in [3.05, 3.63) is 170 Å². The predicted octanol–water partition coefficient (Wildman–Crippen LogP) is 13.2. The van der Waals surface area contributed by atoms with Crippen LogP contribution < -0.4 is 4.90 Å². The molecule has 0 radical (unpaired) electrons. The van der Waals surface area contributed by atoms with E-state index in [2.05, 4.69) is 184 Å². The molecule has 13 aromatic rings. The maximum absolute atomic E-state index is 5.45. The van der Waals surface area contributed by atoms with Gasteiger partial charge >= 0.3 is 0 Å². The Balaban J connectivity index is 1.24. The summed E-state index contributed by atoms with van der Waals surface area (Å²) in [6, 6.07) is 59.6. The van der Waals surface area contributed by atoms with Crippen LogP contribution in [0.15, 0.2) is 170 Å². The summed E-state index contributed by atoms with van der Waals surface area (Å²) in [4.78, 5) is 7.83. The zero-order valence-electron chi connectivity index (χ0n) is 28.5. The van der Waals surface area contributed by atoms with Gasteiger partial charge in [0, 0.05) is 54.5 Å². The monoisotopic (exact) mass is 672 g/mol. The Morgan fingerprint density at radius 3 is 1.75 bits per heavy atom. The van der Waals surface area contributed by atoms with Crippen LogP contribution in [0.5, 0.6) is 0 Å². The average Bonchev–Trinajstić information content (AvgIpc) is 3.95. The topological polar surface area (TPSA) is 24.9 Å². The highest BCUT2D eigenvalue weighted by atomic mass is 15.2. The number of para-hydroxylation sites is 4. The fourth-order valence-corrected chi connectivity index (χ4v) is 9.72. The molecule has 4 heteroatoms. The number of fused-ring (bicyclic) bond motifs is 17. The summed E-state index contributed by atoms with van der Waals surface area (Å²) in [6.07, 6.45) is 2.13. The lowest BCUT2D eigenvalue weighted by Crippen LogP contribution is -2.10. The van der Waals surface area contributed by atoms with Crippen molar-refractivity contribution >= 4 is 115 Å². The first-order chi connectivity index (χ1) is 26.3. The molecule has 0 aliphatic heterocycles. The van der Waals surface area contributed by atoms with E-state index in [0.717, 1.165) is 33.7 Å². The smallest absolute Gasteiger partial charge is 0.146 e. The standard InChI is InChI=1S/C49H28N4/c1-3-15-31(16-4-1)51(32-17-5-2-6-18-32)40-24-12-22-36-35-21-11-23-37-45-43-38-27-30-14-8-10-20-34(30)44-42-33-19-9-7-13-29(33)25-26-39(42)52(48(38)44)41(43)28-50-49(45)53(46(35)37)47(36)40/h1-28H. The van der Waals surface area contributed by atoms with E-state index in [9.17, 15) is 0 Å². The first-order valence-corrected chi connectivity index (χ1v) is 18.2. The third-order valence-corrected chi connectivity index (χ3v) is 11.7. The van der Waals surface area contributed by atoms with E-state index >= 15 is 0 Å². The summed E-state index contributed by atoms with van der Waals surface area (Å²) in [5.41, 5.74) is 10.4. The van der Waals surface area contributed by atoms with E-state index in [1.165, 1.54) is 81.2 Å². The van der Waals surface area contributed by atoms with Crippen LogP contribution in [0.1, 0.15) is 0 Å². The molecule has 0 bridgehead atoms. The van der Waals surface area contributed by atoms with Gasteiger partial charge in [0.15, 0.2) is 0 Å². The quantitative estimate of drug-likeness (QED) is 0.187. The molecule has 0 N–H and O–H groups in total. The second-order valence-corrected chi connectivity index (χ2v) is 14.3. The van der Waals surface area contributed by atoms with Gasteiger partial charge in [-0.05, 0) is 64.0 Å². The summed E-state index contributed by atoms with van der Waals surface area (Å²) in [5, 5.41) is 15.2. The Kier molecular flexibility index (Phi) is 5.08. The minimum absolute atomic E-state index is 0.986. The second-order valence-electron chi connectivity index (χ2n) is 14.3. The predicted molar refractivity (Wildman–Crippen MR) is 223 cm³/mol. The number of rotatable bonds is 3. The van der Waals surface area contributed by atoms with E-state index in [4.69, 9.17) is 4.98 Å². The molecular weight excluding hydrogens is 645 g/mol. The van der Waals surface area contributed by atoms with Crippen molar-refractivity contribution in [1.82, 2.24) is 13.8 Å². The van der Waals surface area contributed by atoms with Crippen molar-refractivity contribution in [3.8, 4) is 0 Å². The summed E-state index contributed by atoms with van der Waals surface area (Å²) in [5.74, 6) is 0. The molecule has 0 fully saturated rings. The van der Waals surface area contributed by atoms with Crippen molar-refractivity contribution < 1.29 is 0 Å². The van der Waals surface area contributed by atoms with Gasteiger partial charge in [-0.15, -0.1) is 0 Å². The van der Waals surface area contributed by atoms with Crippen LogP contribution in [0.25, 0.3) is 97.9 Å². The lowest BCUT2D eigenvalue weighted by Gasteiger charge is -2.26. The van der Waals surface area contributed by atoms with Crippen molar-refractivity contribution in [3.63, 3.8) is 0 Å². The Morgan fingerprint density at radius 2 is 0.981 bits per heavy atom. The van der Waals surface area contributed by atoms with Gasteiger partial charge < -0.3 is 9.30 Å². The third kappa shape index (κ3) is 3.34. The largest absolute Gasteiger partial charge is 0.308 e. The number of anilines is 3. The number of hydrogen-bond donors (Lipinski definition) is 0. The van der Waals surface area contributed by atoms with E-state index in [0.29, 0.717) is 0 Å². The van der Waals surface area contributed by atoms with Crippen LogP contribution in [-0.4, -0.2) is 13.8 Å². The Labute approximate surface area is 302 Å². The van der Waals surface area contributed by atoms with Crippen molar-refractivity contribution in [2.24, 2.45) is 0 Å². The Morgan fingerprint density at radius 1 is 0.377 bits per heavy atom. The molecule has 0 aliphatic carbocycles. The maximum Gasteiger partial charge on any atom is 0.146 e. The van der Waals surface area contributed by atoms with E-state index < -0.39 is 0 Å². The number of pyridine rings is 1. The number of nitrogens with zero attached hydrogens (tertiary/aromatic N) is 4. The summed E-state index contributed by atoms with van der Waals surface area (Å²) in [7, 11) is 0. The first-order valence-electron chi connectivity index (χ1n) is 18.2. The molecule has 0 saturated heterocycles. The fourth-order valence-electron chi connectivity index (χ4n) is 9.72. The minimum Gasteiger partial charge on any atom is -0.308 e. The van der Waals surface area contributed by atoms with Gasteiger partial charge in [0.1, 0.15) is 5.65 Å². The molecule has 0 spiro atoms. The summed E-state index contributed by atoms with van der Waals surface area (Å²) >= 11 is 0. The molecule has 8 aromatic carbocycles. The van der Waals surface area contributed by atoms with Gasteiger partial charge in [0.2, 0.25) is 0 Å². The maximum atomic E-state index is 5.45. The molecule has 0 saturated carbocycles. The fraction of sp³-hybridized carbons (Fsp3) is 0. The van der Waals surface area contributed by atoms with Crippen molar-refractivity contribution in [2.75, 3.05) is 4.90 Å². The zero-order chi connectivity index (χ0) is 34.4. The molecule has 0 aliphatic rings. The van der Waals surface area contributed by atoms with Crippen LogP contribution in [-0.2, 0) is 0 Å². The molecule has 4 nitrogen and oxygen atoms in total. The highest BCUT2D eigenvalue weighted by Gasteiger charge is 2.28. The van der Waals surface area contributed by atoms with Gasteiger partial charge in [-0.25, -0.2) is 4.98 Å². The number of aromatic nitrogens is 3. The molecule has 53 heavy (non-hydrogen) atoms. The van der Waals surface area contributed by atoms with Crippen LogP contribution in [0.4, 0.5) is 17.1 Å². The molecule has 0 amide bonds. The Hall–Kier alpha value is -7.17. The summed E-state index contributed by atoms with van der Waals surface area (Å²) in [6.45, 7) is 0. The second kappa shape index (κ2) is 9.78. The van der Waals surface area contributed by atoms with E-state index in [1.807, 2.05) is 0 Å². The Bertz CT molecular complexity index is 3580. The number of benzene rings is 8. The highest BCUT2D eigenvalue weighted by molar-refractivity contribution is 6.40. The van der Waals surface area contributed by atoms with E-state index in [-0.39, 0.29) is 0 Å². The molecule has 5 aromatic heterocycles. The molecule has 0 unspecified atom stereocenters. The number of hydrogen-bond acceptors (Lipinski definition) is 2. The van der Waals surface area contributed by atoms with Crippen LogP contribution >= 0.6 is 0 Å². The van der Waals surface area contributed by atoms with Gasteiger partial charge in [0.25, 0.3) is 0 Å². The molecular formula is C49H28N4. The molecule has 244 valence electrons. The van der Waals surface area contributed by atoms with Crippen LogP contribution in [0.2, 0.25) is 0 Å². The van der Waals surface area contributed by atoms with Gasteiger partial charge in [-0.2, -0.15) is 0 Å². The average molecular weight is 673 g/mol. The van der Waals surface area contributed by atoms with Gasteiger partial charge in [-0.3, -0.25) is 4.40 Å². The third-order valence-electron chi connectivity index (χ3n) is 11.7. The van der Waals surface area contributed by atoms with Crippen molar-refractivity contribution in [2.45, 2.75) is 0 Å². The highest BCUT2D eigenvalue weighted by Crippen LogP contribution is 2.50. The first kappa shape index (κ1) is 27.5. The minimum atomic E-state index is 0.986. The van der Waals surface area contributed by atoms with Crippen LogP contribution in [0.3, 0.4) is 0 Å². The molecule has 0 atom stereocenters. The van der Waals surface area contributed by atoms with Crippen LogP contribution in [0, 0.1) is 0 Å². The SMILES string of the molecule is c1ccc(N(c2ccccc2)c2cccc3c4cccc5c6c7c8cc9ccccc9c9c%10c%11ccccc%11ccc%10n(c7cnc6n(c23)c45)c89)cc1. The van der Waals surface area contributed by atoms with Gasteiger partial charge in [0.05, 0.1) is 39.5 Å². The zero-order valence-corrected chi connectivity index (χ0v) is 28.5. The van der Waals surface area contributed by atoms with Crippen molar-refractivity contribution in [1.29, 1.82) is 0 Å². The summed E-state index contributed by atoms with van der Waals surface area (Å²) < 4.78 is 4.94. The lowest BCUT2D eigenvalue weighted by atomic mass is 9.97. The normalized spacial score (nSPS) is 12.5. The van der Waals surface area contributed by atoms with Gasteiger partial charge in [-0.1, -0.05) is 121 Å². The van der Waals surface area contributed by atoms with E-state index in [1.54, 1.807) is 0 Å².